The topological polar surface area (TPSA) is 35.9 Å². The number of nitrogens with zero attached hydrogens (tertiary/aromatic N) is 2. The molecule has 1 atom stereocenters. The third-order valence-corrected chi connectivity index (χ3v) is 5.35. The van der Waals surface area contributed by atoms with E-state index in [1.165, 1.54) is 24.0 Å². The Morgan fingerprint density at radius 1 is 1.15 bits per heavy atom. The van der Waals surface area contributed by atoms with Crippen LogP contribution >= 0.6 is 0 Å². The van der Waals surface area contributed by atoms with Crippen LogP contribution in [0.15, 0.2) is 48.5 Å². The summed E-state index contributed by atoms with van der Waals surface area (Å²) in [5.74, 6) is 0.754. The van der Waals surface area contributed by atoms with Gasteiger partial charge in [0, 0.05) is 25.7 Å². The summed E-state index contributed by atoms with van der Waals surface area (Å²) in [5.41, 5.74) is 2.59. The molecule has 0 radical (unpaired) electrons. The van der Waals surface area contributed by atoms with E-state index in [9.17, 15) is 5.11 Å². The molecule has 0 bridgehead atoms. The van der Waals surface area contributed by atoms with Crippen molar-refractivity contribution in [3.63, 3.8) is 0 Å². The zero-order valence-electron chi connectivity index (χ0n) is 15.9. The Bertz CT molecular complexity index is 690. The lowest BCUT2D eigenvalue weighted by Crippen LogP contribution is -2.46. The quantitative estimate of drug-likeness (QED) is 0.825. The lowest BCUT2D eigenvalue weighted by atomic mass is 10.0. The smallest absolute Gasteiger partial charge is 0.160 e. The number of rotatable bonds is 7. The van der Waals surface area contributed by atoms with E-state index in [-0.39, 0.29) is 5.75 Å². The summed E-state index contributed by atoms with van der Waals surface area (Å²) in [6.07, 6.45) is 3.60. The van der Waals surface area contributed by atoms with Crippen molar-refractivity contribution in [3.8, 4) is 11.5 Å². The normalized spacial score (nSPS) is 18.2. The molecule has 0 spiro atoms. The number of hydrogen-bond acceptors (Lipinski definition) is 4. The Morgan fingerprint density at radius 2 is 1.96 bits per heavy atom. The van der Waals surface area contributed by atoms with Gasteiger partial charge in [-0.15, -0.1) is 0 Å². The van der Waals surface area contributed by atoms with Crippen molar-refractivity contribution in [1.82, 2.24) is 9.80 Å². The van der Waals surface area contributed by atoms with Crippen LogP contribution in [0.3, 0.4) is 0 Å². The van der Waals surface area contributed by atoms with Gasteiger partial charge in [-0.25, -0.2) is 0 Å². The number of aromatic hydroxyl groups is 1. The Morgan fingerprint density at radius 3 is 2.73 bits per heavy atom. The average Bonchev–Trinajstić information content (AvgIpc) is 2.68. The van der Waals surface area contributed by atoms with Crippen LogP contribution in [0.25, 0.3) is 0 Å². The highest BCUT2D eigenvalue weighted by molar-refractivity contribution is 5.41. The maximum atomic E-state index is 9.76. The first-order chi connectivity index (χ1) is 12.7. The molecule has 0 saturated carbocycles. The minimum absolute atomic E-state index is 0.202. The van der Waals surface area contributed by atoms with Gasteiger partial charge in [-0.3, -0.25) is 4.90 Å². The van der Waals surface area contributed by atoms with Gasteiger partial charge in [-0.2, -0.15) is 0 Å². The number of benzene rings is 2. The molecule has 140 valence electrons. The molecule has 4 heteroatoms. The lowest BCUT2D eigenvalue weighted by Gasteiger charge is -2.37. The van der Waals surface area contributed by atoms with Crippen LogP contribution in [0, 0.1) is 0 Å². The van der Waals surface area contributed by atoms with Gasteiger partial charge in [0.25, 0.3) is 0 Å². The van der Waals surface area contributed by atoms with E-state index >= 15 is 0 Å². The average molecular weight is 354 g/mol. The van der Waals surface area contributed by atoms with Gasteiger partial charge in [0.1, 0.15) is 0 Å². The molecule has 0 unspecified atom stereocenters. The van der Waals surface area contributed by atoms with Crippen LogP contribution in [0.1, 0.15) is 24.0 Å². The van der Waals surface area contributed by atoms with Crippen LogP contribution in [0.5, 0.6) is 11.5 Å². The molecule has 1 fully saturated rings. The molecule has 1 saturated heterocycles. The van der Waals surface area contributed by atoms with Crippen LogP contribution in [-0.2, 0) is 13.0 Å². The molecular formula is C22H30N2O2. The van der Waals surface area contributed by atoms with Crippen molar-refractivity contribution in [3.05, 3.63) is 59.7 Å². The van der Waals surface area contributed by atoms with Gasteiger partial charge in [-0.05, 0) is 56.1 Å². The summed E-state index contributed by atoms with van der Waals surface area (Å²) in [5, 5.41) is 9.76. The molecule has 2 aromatic rings. The third kappa shape index (κ3) is 4.99. The number of phenols is 1. The molecule has 2 aromatic carbocycles. The van der Waals surface area contributed by atoms with Gasteiger partial charge < -0.3 is 14.7 Å². The standard InChI is InChI=1S/C22H30N2O2/c1-23(14-12-18-7-4-3-5-8-18)20-9-6-13-24(17-20)16-19-10-11-21(25)22(15-19)26-2/h3-5,7-8,10-11,15,20,25H,6,9,12-14,16-17H2,1-2H3/t20-/m0/s1. The van der Waals surface area contributed by atoms with Gasteiger partial charge in [0.15, 0.2) is 11.5 Å². The van der Waals surface area contributed by atoms with E-state index in [0.29, 0.717) is 11.8 Å². The first-order valence-corrected chi connectivity index (χ1v) is 9.48. The van der Waals surface area contributed by atoms with E-state index in [4.69, 9.17) is 4.74 Å². The predicted molar refractivity (Wildman–Crippen MR) is 106 cm³/mol. The van der Waals surface area contributed by atoms with Crippen LogP contribution in [0.4, 0.5) is 0 Å². The summed E-state index contributed by atoms with van der Waals surface area (Å²) >= 11 is 0. The number of likely N-dealkylation sites (tertiary alicyclic amines) is 1. The molecule has 0 aromatic heterocycles. The zero-order chi connectivity index (χ0) is 18.4. The highest BCUT2D eigenvalue weighted by Crippen LogP contribution is 2.27. The third-order valence-electron chi connectivity index (χ3n) is 5.35. The SMILES string of the molecule is COc1cc(CN2CCC[C@H](N(C)CCc3ccccc3)C2)ccc1O. The molecule has 26 heavy (non-hydrogen) atoms. The molecular weight excluding hydrogens is 324 g/mol. The second kappa shape index (κ2) is 9.06. The summed E-state index contributed by atoms with van der Waals surface area (Å²) in [6, 6.07) is 17.0. The number of ether oxygens (including phenoxy) is 1. The molecule has 1 heterocycles. The fraction of sp³-hybridized carbons (Fsp3) is 0.455. The highest BCUT2D eigenvalue weighted by Gasteiger charge is 2.23. The van der Waals surface area contributed by atoms with Crippen molar-refractivity contribution in [1.29, 1.82) is 0 Å². The second-order valence-corrected chi connectivity index (χ2v) is 7.25. The molecule has 1 aliphatic heterocycles. The van der Waals surface area contributed by atoms with Crippen LogP contribution in [-0.4, -0.2) is 54.7 Å². The lowest BCUT2D eigenvalue weighted by molar-refractivity contribution is 0.112. The highest BCUT2D eigenvalue weighted by atomic mass is 16.5. The maximum Gasteiger partial charge on any atom is 0.160 e. The monoisotopic (exact) mass is 354 g/mol. The van der Waals surface area contributed by atoms with Crippen LogP contribution in [0.2, 0.25) is 0 Å². The molecule has 0 aliphatic carbocycles. The molecule has 0 amide bonds. The summed E-state index contributed by atoms with van der Waals surface area (Å²) in [6.45, 7) is 4.22. The number of phenolic OH excluding ortho intramolecular Hbond substituents is 1. The van der Waals surface area contributed by atoms with Crippen molar-refractivity contribution >= 4 is 0 Å². The first kappa shape index (κ1) is 18.7. The molecule has 3 rings (SSSR count). The van der Waals surface area contributed by atoms with E-state index < -0.39 is 0 Å². The summed E-state index contributed by atoms with van der Waals surface area (Å²) < 4.78 is 5.23. The summed E-state index contributed by atoms with van der Waals surface area (Å²) in [7, 11) is 3.85. The van der Waals surface area contributed by atoms with Gasteiger partial charge in [0.2, 0.25) is 0 Å². The minimum atomic E-state index is 0.202. The van der Waals surface area contributed by atoms with E-state index in [1.54, 1.807) is 13.2 Å². The number of methoxy groups -OCH3 is 1. The van der Waals surface area contributed by atoms with Crippen molar-refractivity contribution in [2.75, 3.05) is 33.8 Å². The first-order valence-electron chi connectivity index (χ1n) is 9.48. The van der Waals surface area contributed by atoms with E-state index in [2.05, 4.69) is 47.2 Å². The van der Waals surface area contributed by atoms with Crippen molar-refractivity contribution in [2.24, 2.45) is 0 Å². The van der Waals surface area contributed by atoms with Gasteiger partial charge >= 0.3 is 0 Å². The van der Waals surface area contributed by atoms with Gasteiger partial charge in [-0.1, -0.05) is 36.4 Å². The molecule has 4 nitrogen and oxygen atoms in total. The van der Waals surface area contributed by atoms with Crippen LogP contribution < -0.4 is 4.74 Å². The second-order valence-electron chi connectivity index (χ2n) is 7.25. The fourth-order valence-corrected chi connectivity index (χ4v) is 3.75. The van der Waals surface area contributed by atoms with Crippen molar-refractivity contribution < 1.29 is 9.84 Å². The van der Waals surface area contributed by atoms with E-state index in [1.807, 2.05) is 12.1 Å². The number of likely N-dealkylation sites (N-methyl/N-ethyl adjacent to an activating group) is 1. The largest absolute Gasteiger partial charge is 0.504 e. The van der Waals surface area contributed by atoms with Crippen molar-refractivity contribution in [2.45, 2.75) is 31.8 Å². The van der Waals surface area contributed by atoms with E-state index in [0.717, 1.165) is 32.6 Å². The molecule has 1 aliphatic rings. The maximum absolute atomic E-state index is 9.76. The molecule has 1 N–H and O–H groups in total. The van der Waals surface area contributed by atoms with Gasteiger partial charge in [0.05, 0.1) is 7.11 Å². The Hall–Kier alpha value is -2.04. The Labute approximate surface area is 157 Å². The number of piperidine rings is 1. The Kier molecular flexibility index (Phi) is 6.53. The number of hydrogen-bond donors (Lipinski definition) is 1. The Balaban J connectivity index is 1.53. The minimum Gasteiger partial charge on any atom is -0.504 e. The summed E-state index contributed by atoms with van der Waals surface area (Å²) in [4.78, 5) is 5.02. The zero-order valence-corrected chi connectivity index (χ0v) is 15.9. The predicted octanol–water partition coefficient (Wildman–Crippen LogP) is 3.54. The fourth-order valence-electron chi connectivity index (χ4n) is 3.75.